The van der Waals surface area contributed by atoms with Crippen molar-refractivity contribution in [2.75, 3.05) is 0 Å². The number of allylic oxidation sites excluding steroid dienone is 2. The zero-order valence-electron chi connectivity index (χ0n) is 15.4. The number of hydrogen-bond acceptors (Lipinski definition) is 3. The fourth-order valence-corrected chi connectivity index (χ4v) is 4.71. The van der Waals surface area contributed by atoms with Gasteiger partial charge in [0.1, 0.15) is 28.4 Å². The number of benzene rings is 1. The Morgan fingerprint density at radius 3 is 2.80 bits per heavy atom. The maximum Gasteiger partial charge on any atom is 0.339 e. The van der Waals surface area contributed by atoms with Gasteiger partial charge >= 0.3 is 5.97 Å². The van der Waals surface area contributed by atoms with Gasteiger partial charge in [0.25, 0.3) is 0 Å². The molecule has 0 radical (unpaired) electrons. The molecule has 1 saturated carbocycles. The molecule has 2 aliphatic heterocycles. The highest BCUT2D eigenvalue weighted by Crippen LogP contribution is 2.64. The number of aryl methyl sites for hydroxylation is 1. The van der Waals surface area contributed by atoms with Gasteiger partial charge in [-0.3, -0.25) is 0 Å². The molecule has 134 valence electrons. The molecule has 0 spiro atoms. The molecule has 4 nitrogen and oxygen atoms in total. The van der Waals surface area contributed by atoms with E-state index in [1.807, 2.05) is 13.0 Å². The van der Waals surface area contributed by atoms with Crippen LogP contribution in [0.5, 0.6) is 11.5 Å². The average Bonchev–Trinajstić information content (AvgIpc) is 2.46. The van der Waals surface area contributed by atoms with Crippen LogP contribution in [0.25, 0.3) is 0 Å². The number of rotatable bonds is 5. The second kappa shape index (κ2) is 5.52. The molecular weight excluding hydrogens is 316 g/mol. The van der Waals surface area contributed by atoms with Crippen LogP contribution in [0, 0.1) is 5.92 Å². The molecule has 0 aromatic heterocycles. The van der Waals surface area contributed by atoms with Gasteiger partial charge in [0.15, 0.2) is 0 Å². The van der Waals surface area contributed by atoms with Gasteiger partial charge in [-0.05, 0) is 57.2 Å². The summed E-state index contributed by atoms with van der Waals surface area (Å²) in [5, 5.41) is 9.88. The zero-order chi connectivity index (χ0) is 17.9. The Bertz CT molecular complexity index is 788. The number of carboxylic acids is 1. The molecule has 1 aromatic rings. The van der Waals surface area contributed by atoms with E-state index in [-0.39, 0.29) is 11.5 Å². The Morgan fingerprint density at radius 2 is 2.12 bits per heavy atom. The molecule has 0 saturated heterocycles. The Morgan fingerprint density at radius 1 is 1.36 bits per heavy atom. The van der Waals surface area contributed by atoms with E-state index in [0.29, 0.717) is 17.2 Å². The number of hydrogen-bond donors (Lipinski definition) is 1. The summed E-state index contributed by atoms with van der Waals surface area (Å²) < 4.78 is 12.4. The van der Waals surface area contributed by atoms with Gasteiger partial charge < -0.3 is 14.6 Å². The van der Waals surface area contributed by atoms with Crippen LogP contribution in [0.1, 0.15) is 80.8 Å². The molecular formula is C21H26O4. The van der Waals surface area contributed by atoms with Gasteiger partial charge in [-0.15, -0.1) is 0 Å². The summed E-state index contributed by atoms with van der Waals surface area (Å²) in [6.45, 7) is 8.40. The van der Waals surface area contributed by atoms with Crippen molar-refractivity contribution in [3.05, 3.63) is 34.1 Å². The van der Waals surface area contributed by atoms with Crippen molar-refractivity contribution in [3.63, 3.8) is 0 Å². The fourth-order valence-electron chi connectivity index (χ4n) is 4.71. The highest BCUT2D eigenvalue weighted by Gasteiger charge is 2.56. The summed E-state index contributed by atoms with van der Waals surface area (Å²) in [6, 6.07) is 1.97. The van der Waals surface area contributed by atoms with Gasteiger partial charge in [-0.1, -0.05) is 19.8 Å². The SMILES string of the molecule is CCCCCc1cc2c3c(c1C(=O)O)OC(C)=C1CC(C13)C(C)(C)O2. The first-order chi connectivity index (χ1) is 11.8. The molecule has 25 heavy (non-hydrogen) atoms. The standard InChI is InChI=1S/C21H26O4/c1-5-6-7-8-12-9-15-18-17-13(10-14(17)21(3,4)25-15)11(2)24-19(18)16(12)20(22)23/h9,14,17H,5-8,10H2,1-4H3,(H,22,23). The number of carboxylic acid groups (broad SMARTS) is 1. The van der Waals surface area contributed by atoms with Crippen molar-refractivity contribution >= 4 is 5.97 Å². The lowest BCUT2D eigenvalue weighted by Gasteiger charge is -2.55. The number of ether oxygens (including phenoxy) is 2. The lowest BCUT2D eigenvalue weighted by atomic mass is 9.57. The Balaban J connectivity index is 1.88. The van der Waals surface area contributed by atoms with E-state index >= 15 is 0 Å². The van der Waals surface area contributed by atoms with Gasteiger partial charge in [0.05, 0.1) is 0 Å². The monoisotopic (exact) mass is 342 g/mol. The quantitative estimate of drug-likeness (QED) is 0.760. The smallest absolute Gasteiger partial charge is 0.339 e. The predicted molar refractivity (Wildman–Crippen MR) is 95.5 cm³/mol. The van der Waals surface area contributed by atoms with Crippen LogP contribution in [0.3, 0.4) is 0 Å². The summed E-state index contributed by atoms with van der Waals surface area (Å²) in [7, 11) is 0. The highest BCUT2D eigenvalue weighted by molar-refractivity contribution is 5.94. The van der Waals surface area contributed by atoms with Crippen LogP contribution in [0.4, 0.5) is 0 Å². The lowest BCUT2D eigenvalue weighted by molar-refractivity contribution is -0.0130. The Labute approximate surface area is 148 Å². The summed E-state index contributed by atoms with van der Waals surface area (Å²) in [5.41, 5.74) is 3.21. The molecule has 0 amide bonds. The van der Waals surface area contributed by atoms with E-state index < -0.39 is 5.97 Å². The molecule has 2 atom stereocenters. The lowest BCUT2D eigenvalue weighted by Crippen LogP contribution is -2.52. The summed E-state index contributed by atoms with van der Waals surface area (Å²) in [4.78, 5) is 12.0. The second-order valence-electron chi connectivity index (χ2n) is 8.09. The van der Waals surface area contributed by atoms with Crippen LogP contribution in [0.15, 0.2) is 17.4 Å². The third kappa shape index (κ3) is 2.30. The van der Waals surface area contributed by atoms with Crippen LogP contribution < -0.4 is 9.47 Å². The van der Waals surface area contributed by atoms with E-state index in [9.17, 15) is 9.90 Å². The molecule has 2 heterocycles. The number of aromatic carboxylic acids is 1. The number of unbranched alkanes of at least 4 members (excludes halogenated alkanes) is 2. The van der Waals surface area contributed by atoms with Crippen LogP contribution in [-0.4, -0.2) is 16.7 Å². The third-order valence-corrected chi connectivity index (χ3v) is 6.13. The van der Waals surface area contributed by atoms with Crippen molar-refractivity contribution in [2.24, 2.45) is 5.92 Å². The van der Waals surface area contributed by atoms with Crippen molar-refractivity contribution in [1.29, 1.82) is 0 Å². The van der Waals surface area contributed by atoms with E-state index in [4.69, 9.17) is 9.47 Å². The van der Waals surface area contributed by atoms with E-state index in [0.717, 1.165) is 54.7 Å². The minimum absolute atomic E-state index is 0.235. The Kier molecular flexibility index (Phi) is 3.64. The highest BCUT2D eigenvalue weighted by atomic mass is 16.5. The van der Waals surface area contributed by atoms with Gasteiger partial charge in [-0.2, -0.15) is 0 Å². The first-order valence-corrected chi connectivity index (χ1v) is 9.34. The van der Waals surface area contributed by atoms with Crippen LogP contribution >= 0.6 is 0 Å². The molecule has 1 fully saturated rings. The van der Waals surface area contributed by atoms with E-state index in [1.54, 1.807) is 0 Å². The topological polar surface area (TPSA) is 55.8 Å². The number of carbonyl (C=O) groups is 1. The summed E-state index contributed by atoms with van der Waals surface area (Å²) >= 11 is 0. The molecule has 2 unspecified atom stereocenters. The van der Waals surface area contributed by atoms with Crippen molar-refractivity contribution in [2.45, 2.75) is 71.3 Å². The van der Waals surface area contributed by atoms with Crippen LogP contribution in [0.2, 0.25) is 0 Å². The van der Waals surface area contributed by atoms with Crippen molar-refractivity contribution < 1.29 is 19.4 Å². The molecule has 0 bridgehead atoms. The first kappa shape index (κ1) is 16.5. The molecule has 1 N–H and O–H groups in total. The molecule has 4 heteroatoms. The average molecular weight is 342 g/mol. The third-order valence-electron chi connectivity index (χ3n) is 6.13. The molecule has 4 rings (SSSR count). The predicted octanol–water partition coefficient (Wildman–Crippen LogP) is 5.06. The summed E-state index contributed by atoms with van der Waals surface area (Å²) in [6.07, 6.45) is 4.89. The maximum atomic E-state index is 12.0. The van der Waals surface area contributed by atoms with Gasteiger partial charge in [-0.25, -0.2) is 4.79 Å². The van der Waals surface area contributed by atoms with E-state index in [2.05, 4.69) is 20.8 Å². The largest absolute Gasteiger partial charge is 0.487 e. The van der Waals surface area contributed by atoms with Crippen molar-refractivity contribution in [1.82, 2.24) is 0 Å². The molecule has 1 aliphatic carbocycles. The zero-order valence-corrected chi connectivity index (χ0v) is 15.4. The maximum absolute atomic E-state index is 12.0. The molecule has 3 aliphatic rings. The van der Waals surface area contributed by atoms with Gasteiger partial charge in [0, 0.05) is 17.4 Å². The minimum atomic E-state index is -0.902. The fraction of sp³-hybridized carbons (Fsp3) is 0.571. The summed E-state index contributed by atoms with van der Waals surface area (Å²) in [5.74, 6) is 1.97. The van der Waals surface area contributed by atoms with E-state index in [1.165, 1.54) is 5.57 Å². The van der Waals surface area contributed by atoms with Crippen molar-refractivity contribution in [3.8, 4) is 11.5 Å². The second-order valence-corrected chi connectivity index (χ2v) is 8.09. The minimum Gasteiger partial charge on any atom is -0.487 e. The van der Waals surface area contributed by atoms with Gasteiger partial charge in [0.2, 0.25) is 0 Å². The Hall–Kier alpha value is -1.97. The first-order valence-electron chi connectivity index (χ1n) is 9.34. The molecule has 1 aromatic carbocycles. The normalized spacial score (nSPS) is 24.8. The van der Waals surface area contributed by atoms with Crippen LogP contribution in [-0.2, 0) is 6.42 Å².